The number of hydrogen-bond donors (Lipinski definition) is 1. The summed E-state index contributed by atoms with van der Waals surface area (Å²) in [4.78, 5) is 28.7. The van der Waals surface area contributed by atoms with Gasteiger partial charge in [0.2, 0.25) is 0 Å². The van der Waals surface area contributed by atoms with Crippen molar-refractivity contribution >= 4 is 12.3 Å². The van der Waals surface area contributed by atoms with Crippen molar-refractivity contribution in [1.29, 1.82) is 0 Å². The van der Waals surface area contributed by atoms with Gasteiger partial charge in [-0.25, -0.2) is 0 Å². The molecular formula is C28H39NO5. The van der Waals surface area contributed by atoms with Crippen LogP contribution < -0.4 is 0 Å². The number of carboxylic acid groups (broad SMARTS) is 1. The molecule has 0 unspecified atom stereocenters. The van der Waals surface area contributed by atoms with Crippen LogP contribution in [0.25, 0.3) is 0 Å². The van der Waals surface area contributed by atoms with Gasteiger partial charge in [0.05, 0.1) is 31.2 Å². The third-order valence-corrected chi connectivity index (χ3v) is 10.3. The highest BCUT2D eigenvalue weighted by Gasteiger charge is 2.84. The third kappa shape index (κ3) is 2.87. The molecule has 5 aliphatic rings. The quantitative estimate of drug-likeness (QED) is 0.349. The van der Waals surface area contributed by atoms with E-state index >= 15 is 0 Å². The Kier molecular flexibility index (Phi) is 5.78. The summed E-state index contributed by atoms with van der Waals surface area (Å²) in [5, 5.41) is 11.0. The largest absolute Gasteiger partial charge is 0.481 e. The first kappa shape index (κ1) is 24.0. The molecule has 6 heteroatoms. The van der Waals surface area contributed by atoms with E-state index in [-0.39, 0.29) is 23.9 Å². The van der Waals surface area contributed by atoms with E-state index in [1.807, 2.05) is 6.92 Å². The maximum Gasteiger partial charge on any atom is 0.315 e. The van der Waals surface area contributed by atoms with Gasteiger partial charge in [0, 0.05) is 12.0 Å². The highest BCUT2D eigenvalue weighted by atomic mass is 16.7. The van der Waals surface area contributed by atoms with Gasteiger partial charge in [-0.2, -0.15) is 0 Å². The van der Waals surface area contributed by atoms with E-state index in [1.165, 1.54) is 0 Å². The molecule has 9 atom stereocenters. The SMILES string of the molecule is C#CCN1C[C@H](OC[C@@]23C[C@@H]4[C@H](C)CC[C@H]4[C@]4(C=O)C[C@@H]2C=C(C(C)C)[C@@]34C(=O)O)O[C@H](C)C1. The van der Waals surface area contributed by atoms with Gasteiger partial charge in [-0.1, -0.05) is 44.8 Å². The van der Waals surface area contributed by atoms with Crippen LogP contribution in [0.4, 0.5) is 0 Å². The molecule has 1 aliphatic heterocycles. The number of carbonyl (C=O) groups excluding carboxylic acids is 1. The zero-order chi connectivity index (χ0) is 24.5. The van der Waals surface area contributed by atoms with Crippen molar-refractivity contribution in [3.05, 3.63) is 11.6 Å². The first-order valence-electron chi connectivity index (χ1n) is 13.0. The first-order chi connectivity index (χ1) is 16.2. The van der Waals surface area contributed by atoms with E-state index in [4.69, 9.17) is 15.9 Å². The third-order valence-electron chi connectivity index (χ3n) is 10.3. The van der Waals surface area contributed by atoms with Crippen molar-refractivity contribution < 1.29 is 24.2 Å². The van der Waals surface area contributed by atoms with E-state index < -0.39 is 28.5 Å². The molecule has 4 bridgehead atoms. The number of hydrogen-bond acceptors (Lipinski definition) is 5. The van der Waals surface area contributed by atoms with E-state index in [9.17, 15) is 14.7 Å². The van der Waals surface area contributed by atoms with Crippen LogP contribution in [0.3, 0.4) is 0 Å². The molecule has 186 valence electrons. The van der Waals surface area contributed by atoms with Gasteiger partial charge in [0.25, 0.3) is 0 Å². The summed E-state index contributed by atoms with van der Waals surface area (Å²) in [5.41, 5.74) is -1.74. The number of rotatable bonds is 7. The lowest BCUT2D eigenvalue weighted by atomic mass is 9.43. The molecule has 0 amide bonds. The Labute approximate surface area is 203 Å². The molecule has 1 heterocycles. The van der Waals surface area contributed by atoms with Gasteiger partial charge < -0.3 is 19.4 Å². The Balaban J connectivity index is 1.55. The molecule has 0 aromatic carbocycles. The minimum absolute atomic E-state index is 0.0117. The Morgan fingerprint density at radius 2 is 2.12 bits per heavy atom. The number of ether oxygens (including phenoxy) is 2. The van der Waals surface area contributed by atoms with Gasteiger partial charge in [-0.3, -0.25) is 9.69 Å². The van der Waals surface area contributed by atoms with Gasteiger partial charge in [0.15, 0.2) is 6.29 Å². The fourth-order valence-electron chi connectivity index (χ4n) is 9.22. The van der Waals surface area contributed by atoms with E-state index in [2.05, 4.69) is 37.7 Å². The number of fused-ring (bicyclic) bond motifs is 2. The molecule has 5 rings (SSSR count). The molecule has 34 heavy (non-hydrogen) atoms. The van der Waals surface area contributed by atoms with Crippen LogP contribution in [0, 0.1) is 58.2 Å². The molecule has 0 spiro atoms. The number of aliphatic carboxylic acids is 1. The lowest BCUT2D eigenvalue weighted by Crippen LogP contribution is -2.64. The molecule has 3 saturated carbocycles. The number of morpholine rings is 1. The van der Waals surface area contributed by atoms with Gasteiger partial charge in [0.1, 0.15) is 11.7 Å². The zero-order valence-corrected chi connectivity index (χ0v) is 21.0. The summed E-state index contributed by atoms with van der Waals surface area (Å²) in [7, 11) is 0. The Morgan fingerprint density at radius 3 is 2.76 bits per heavy atom. The van der Waals surface area contributed by atoms with Crippen molar-refractivity contribution in [3.8, 4) is 12.3 Å². The van der Waals surface area contributed by atoms with Crippen molar-refractivity contribution in [3.63, 3.8) is 0 Å². The van der Waals surface area contributed by atoms with Crippen LogP contribution in [-0.4, -0.2) is 60.9 Å². The van der Waals surface area contributed by atoms with Crippen LogP contribution in [0.5, 0.6) is 0 Å². The van der Waals surface area contributed by atoms with Crippen LogP contribution in [0.15, 0.2) is 11.6 Å². The van der Waals surface area contributed by atoms with E-state index in [1.54, 1.807) is 0 Å². The normalized spacial score (nSPS) is 47.4. The number of carboxylic acids is 1. The number of nitrogens with zero attached hydrogens (tertiary/aromatic N) is 1. The van der Waals surface area contributed by atoms with E-state index in [0.717, 1.165) is 37.7 Å². The summed E-state index contributed by atoms with van der Waals surface area (Å²) in [6.45, 7) is 10.6. The Morgan fingerprint density at radius 1 is 1.35 bits per heavy atom. The number of allylic oxidation sites excluding steroid dienone is 1. The molecular weight excluding hydrogens is 430 g/mol. The first-order valence-corrected chi connectivity index (χ1v) is 13.0. The van der Waals surface area contributed by atoms with Crippen LogP contribution in [-0.2, 0) is 19.1 Å². The molecule has 4 aliphatic carbocycles. The topological polar surface area (TPSA) is 76.1 Å². The minimum atomic E-state index is -1.20. The zero-order valence-electron chi connectivity index (χ0n) is 21.0. The standard InChI is InChI=1S/C28H39NO5/c1-6-9-29-13-19(5)34-24(14-29)33-16-27-12-21-18(4)7-8-22(21)26(15-30)11-20(27)10-23(17(2)3)28(26,27)25(31)32/h1,10,15,17-22,24H,7-9,11-14,16H2,2-5H3,(H,31,32)/t18-,19-,20+,21-,22-,24-,26-,27+,28+/m1/s1. The fraction of sp³-hybridized carbons (Fsp3) is 0.786. The lowest BCUT2D eigenvalue weighted by Gasteiger charge is -2.58. The van der Waals surface area contributed by atoms with Gasteiger partial charge in [-0.15, -0.1) is 6.42 Å². The van der Waals surface area contributed by atoms with Crippen molar-refractivity contribution in [1.82, 2.24) is 4.90 Å². The monoisotopic (exact) mass is 469 g/mol. The molecule has 1 saturated heterocycles. The Hall–Kier alpha value is -1.68. The summed E-state index contributed by atoms with van der Waals surface area (Å²) in [5.74, 6) is 2.94. The molecule has 4 fully saturated rings. The summed E-state index contributed by atoms with van der Waals surface area (Å²) >= 11 is 0. The average molecular weight is 470 g/mol. The fourth-order valence-corrected chi connectivity index (χ4v) is 9.22. The molecule has 6 nitrogen and oxygen atoms in total. The maximum absolute atomic E-state index is 13.5. The minimum Gasteiger partial charge on any atom is -0.481 e. The predicted octanol–water partition coefficient (Wildman–Crippen LogP) is 3.61. The van der Waals surface area contributed by atoms with Crippen LogP contribution >= 0.6 is 0 Å². The number of aldehydes is 1. The highest BCUT2D eigenvalue weighted by molar-refractivity contribution is 5.90. The molecule has 0 aromatic rings. The summed E-state index contributed by atoms with van der Waals surface area (Å²) in [6.07, 6.45) is 11.8. The lowest BCUT2D eigenvalue weighted by molar-refractivity contribution is -0.235. The molecule has 1 N–H and O–H groups in total. The van der Waals surface area contributed by atoms with Gasteiger partial charge >= 0.3 is 5.97 Å². The second kappa shape index (κ2) is 8.18. The predicted molar refractivity (Wildman–Crippen MR) is 128 cm³/mol. The molecule has 0 aromatic heterocycles. The average Bonchev–Trinajstić information content (AvgIpc) is 3.35. The smallest absolute Gasteiger partial charge is 0.315 e. The number of terminal acetylenes is 1. The van der Waals surface area contributed by atoms with Crippen molar-refractivity contribution in [2.75, 3.05) is 26.2 Å². The maximum atomic E-state index is 13.5. The van der Waals surface area contributed by atoms with Crippen molar-refractivity contribution in [2.24, 2.45) is 45.8 Å². The summed E-state index contributed by atoms with van der Waals surface area (Å²) in [6, 6.07) is 0. The second-order valence-corrected chi connectivity index (χ2v) is 12.1. The van der Waals surface area contributed by atoms with Crippen LogP contribution in [0.2, 0.25) is 0 Å². The highest BCUT2D eigenvalue weighted by Crippen LogP contribution is 2.82. The van der Waals surface area contributed by atoms with Crippen molar-refractivity contribution in [2.45, 2.75) is 65.8 Å². The second-order valence-electron chi connectivity index (χ2n) is 12.1. The van der Waals surface area contributed by atoms with Gasteiger partial charge in [-0.05, 0) is 55.8 Å². The Bertz CT molecular complexity index is 938. The summed E-state index contributed by atoms with van der Waals surface area (Å²) < 4.78 is 12.6. The molecule has 0 radical (unpaired) electrons. The number of carbonyl (C=O) groups is 2. The van der Waals surface area contributed by atoms with Crippen LogP contribution in [0.1, 0.15) is 53.4 Å². The van der Waals surface area contributed by atoms with E-state index in [0.29, 0.717) is 38.0 Å².